The molecule has 0 aromatic rings. The Kier molecular flexibility index (Phi) is 428. The van der Waals surface area contributed by atoms with Crippen LogP contribution >= 0.6 is 23.4 Å². The fourth-order valence-corrected chi connectivity index (χ4v) is 0. The first-order valence-electron chi connectivity index (χ1n) is 0. The van der Waals surface area contributed by atoms with Gasteiger partial charge in [0.25, 0.3) is 0 Å². The SMILES string of the molecule is P.S.[Ge].[Li].[Se].[Ti]. The van der Waals surface area contributed by atoms with E-state index in [0.717, 1.165) is 0 Å². The van der Waals surface area contributed by atoms with Gasteiger partial charge in [-0.25, -0.2) is 0 Å². The Morgan fingerprint density at radius 3 is 1.00 bits per heavy atom. The van der Waals surface area contributed by atoms with Gasteiger partial charge in [-0.1, -0.05) is 0 Å². The van der Waals surface area contributed by atoms with Crippen LogP contribution in [-0.2, 0) is 21.7 Å². The maximum absolute atomic E-state index is 0. The van der Waals surface area contributed by atoms with Crippen molar-refractivity contribution < 1.29 is 21.7 Å². The summed E-state index contributed by atoms with van der Waals surface area (Å²) >= 11 is 0. The molecule has 0 aliphatic rings. The molecule has 0 aliphatic carbocycles. The molecular weight excluding hydrogens is 269 g/mol. The molecule has 7 radical (unpaired) electrons. The van der Waals surface area contributed by atoms with Gasteiger partial charge >= 0.3 is 0 Å². The van der Waals surface area contributed by atoms with E-state index in [1.54, 1.807) is 0 Å². The van der Waals surface area contributed by atoms with Crippen molar-refractivity contribution in [3.8, 4) is 0 Å². The Balaban J connectivity index is 0. The average molecular weight is 274 g/mol. The first-order valence-corrected chi connectivity index (χ1v) is 0. The summed E-state index contributed by atoms with van der Waals surface area (Å²) in [6.45, 7) is 0. The minimum Gasteiger partial charge on any atom is -0.197 e. The molecule has 1 unspecified atom stereocenters. The summed E-state index contributed by atoms with van der Waals surface area (Å²) in [6.07, 6.45) is 0. The standard InChI is InChI=1S/Ge.Li.H3P.H2S.Se.Ti/h;;1H3;1H2;;. The Bertz CT molecular complexity index is 15.5. The predicted octanol–water partition coefficient (Wildman–Crippen LogP) is -0.974. The average Bonchev–Trinajstić information content (AvgIpc) is 0. The summed E-state index contributed by atoms with van der Waals surface area (Å²) in [5.41, 5.74) is 0. The normalized spacial score (nSPS) is 0. The third-order valence-corrected chi connectivity index (χ3v) is 0. The smallest absolute Gasteiger partial charge is 0 e. The molecule has 6 heteroatoms. The molecule has 0 N–H and O–H groups in total. The maximum Gasteiger partial charge on any atom is 0 e. The molecule has 0 aromatic carbocycles. The van der Waals surface area contributed by atoms with Crippen LogP contribution in [0.15, 0.2) is 0 Å². The Morgan fingerprint density at radius 1 is 1.00 bits per heavy atom. The zero-order valence-electron chi connectivity index (χ0n) is 3.62. The largest absolute Gasteiger partial charge is 0.197 e. The summed E-state index contributed by atoms with van der Waals surface area (Å²) in [5, 5.41) is 0. The van der Waals surface area contributed by atoms with Crippen LogP contribution < -0.4 is 0 Å². The molecule has 0 aromatic heterocycles. The second-order valence-corrected chi connectivity index (χ2v) is 0. The van der Waals surface area contributed by atoms with E-state index in [2.05, 4.69) is 0 Å². The van der Waals surface area contributed by atoms with E-state index in [1.807, 2.05) is 0 Å². The van der Waals surface area contributed by atoms with Gasteiger partial charge in [0.15, 0.2) is 0 Å². The molecule has 0 aliphatic heterocycles. The number of rotatable bonds is 0. The number of hydrogen-bond donors (Lipinski definition) is 0. The molecule has 0 amide bonds. The van der Waals surface area contributed by atoms with Crippen molar-refractivity contribution in [2.75, 3.05) is 0 Å². The molecule has 1 atom stereocenters. The first kappa shape index (κ1) is 61.2. The Morgan fingerprint density at radius 2 is 1.00 bits per heavy atom. The van der Waals surface area contributed by atoms with E-state index in [0.29, 0.717) is 0 Å². The monoisotopic (exact) mass is 277 g/mol. The van der Waals surface area contributed by atoms with Gasteiger partial charge in [-0.15, -0.1) is 0 Å². The van der Waals surface area contributed by atoms with E-state index in [1.165, 1.54) is 0 Å². The quantitative estimate of drug-likeness (QED) is 0.394. The predicted molar refractivity (Wildman–Crippen MR) is 38.7 cm³/mol. The van der Waals surface area contributed by atoms with Crippen LogP contribution in [0.3, 0.4) is 0 Å². The molecule has 0 heterocycles. The van der Waals surface area contributed by atoms with E-state index in [9.17, 15) is 0 Å². The summed E-state index contributed by atoms with van der Waals surface area (Å²) in [7, 11) is 0. The summed E-state index contributed by atoms with van der Waals surface area (Å²) < 4.78 is 0. The molecule has 6 heavy (non-hydrogen) atoms. The summed E-state index contributed by atoms with van der Waals surface area (Å²) in [6, 6.07) is 0. The van der Waals surface area contributed by atoms with Crippen LogP contribution in [0.5, 0.6) is 0 Å². The van der Waals surface area contributed by atoms with Crippen molar-refractivity contribution in [3.63, 3.8) is 0 Å². The molecule has 0 bridgehead atoms. The van der Waals surface area contributed by atoms with E-state index >= 15 is 0 Å². The third kappa shape index (κ3) is 27.2. The van der Waals surface area contributed by atoms with Crippen LogP contribution in [0.2, 0.25) is 0 Å². The fourth-order valence-electron chi connectivity index (χ4n) is 0. The third-order valence-electron chi connectivity index (χ3n) is 0. The van der Waals surface area contributed by atoms with Crippen molar-refractivity contribution in [2.24, 2.45) is 0 Å². The van der Waals surface area contributed by atoms with Crippen LogP contribution in [0.1, 0.15) is 0 Å². The van der Waals surface area contributed by atoms with Crippen molar-refractivity contribution in [2.45, 2.75) is 0 Å². The minimum absolute atomic E-state index is 0. The molecule has 31 valence electrons. The van der Waals surface area contributed by atoms with Gasteiger partial charge < -0.3 is 0 Å². The first-order chi connectivity index (χ1) is 0. The molecular formula is H5GeLiPSSeTi. The molecule has 0 saturated carbocycles. The van der Waals surface area contributed by atoms with Crippen LogP contribution in [0.25, 0.3) is 0 Å². The van der Waals surface area contributed by atoms with Gasteiger partial charge in [0.1, 0.15) is 0 Å². The summed E-state index contributed by atoms with van der Waals surface area (Å²) in [4.78, 5) is 0. The topological polar surface area (TPSA) is 0 Å². The van der Waals surface area contributed by atoms with Gasteiger partial charge in [0, 0.05) is 75.2 Å². The summed E-state index contributed by atoms with van der Waals surface area (Å²) in [5.74, 6) is 0. The minimum atomic E-state index is 0. The van der Waals surface area contributed by atoms with Crippen molar-refractivity contribution in [1.29, 1.82) is 0 Å². The van der Waals surface area contributed by atoms with Crippen LogP contribution in [-0.4, -0.2) is 53.5 Å². The Hall–Kier alpha value is 3.15. The Labute approximate surface area is 97.3 Å². The number of hydrogen-bond acceptors (Lipinski definition) is 0. The molecule has 0 nitrogen and oxygen atoms in total. The fraction of sp³-hybridized carbons (Fsp3) is 0. The van der Waals surface area contributed by atoms with Gasteiger partial charge in [-0.2, -0.15) is 23.4 Å². The van der Waals surface area contributed by atoms with Crippen LogP contribution in [0, 0.1) is 0 Å². The zero-order chi connectivity index (χ0) is 0. The van der Waals surface area contributed by atoms with E-state index in [4.69, 9.17) is 0 Å². The van der Waals surface area contributed by atoms with Gasteiger partial charge in [0.2, 0.25) is 0 Å². The van der Waals surface area contributed by atoms with Gasteiger partial charge in [0.05, 0.1) is 0 Å². The van der Waals surface area contributed by atoms with Crippen molar-refractivity contribution >= 4 is 76.9 Å². The van der Waals surface area contributed by atoms with Crippen molar-refractivity contribution in [1.82, 2.24) is 0 Å². The van der Waals surface area contributed by atoms with Gasteiger partial charge in [-0.05, 0) is 0 Å². The maximum atomic E-state index is 0. The van der Waals surface area contributed by atoms with E-state index < -0.39 is 0 Å². The van der Waals surface area contributed by atoms with Crippen LogP contribution in [0.4, 0.5) is 0 Å². The zero-order valence-corrected chi connectivity index (χ0v) is 11.4. The molecule has 0 spiro atoms. The molecule has 0 rings (SSSR count). The second-order valence-electron chi connectivity index (χ2n) is 0. The van der Waals surface area contributed by atoms with Gasteiger partial charge in [-0.3, -0.25) is 0 Å². The second kappa shape index (κ2) is 42.0. The molecule has 0 saturated heterocycles. The molecule has 0 fully saturated rings. The van der Waals surface area contributed by atoms with E-state index in [-0.39, 0.29) is 98.6 Å². The van der Waals surface area contributed by atoms with Crippen molar-refractivity contribution in [3.05, 3.63) is 0 Å².